The van der Waals surface area contributed by atoms with Crippen molar-refractivity contribution < 1.29 is 9.53 Å². The van der Waals surface area contributed by atoms with Crippen LogP contribution in [0.4, 0.5) is 4.79 Å². The molecule has 0 radical (unpaired) electrons. The van der Waals surface area contributed by atoms with Crippen LogP contribution < -0.4 is 10.7 Å². The second kappa shape index (κ2) is 9.40. The highest BCUT2D eigenvalue weighted by molar-refractivity contribution is 5.81. The lowest BCUT2D eigenvalue weighted by molar-refractivity contribution is 0.143. The van der Waals surface area contributed by atoms with Crippen LogP contribution in [0.5, 0.6) is 0 Å². The fraction of sp³-hybridized carbons (Fsp3) is 0.172. The number of ether oxygens (including phenoxy) is 1. The van der Waals surface area contributed by atoms with Crippen molar-refractivity contribution in [3.05, 3.63) is 111 Å². The number of fused-ring (bicyclic) bond motifs is 4. The maximum Gasteiger partial charge on any atom is 0.407 e. The van der Waals surface area contributed by atoms with Gasteiger partial charge in [-0.1, -0.05) is 66.7 Å². The molecule has 5 nitrogen and oxygen atoms in total. The molecule has 0 aliphatic heterocycles. The maximum atomic E-state index is 12.3. The third-order valence-electron chi connectivity index (χ3n) is 6.22. The van der Waals surface area contributed by atoms with E-state index < -0.39 is 6.09 Å². The average molecular weight is 451 g/mol. The molecule has 0 unspecified atom stereocenters. The van der Waals surface area contributed by atoms with Crippen LogP contribution >= 0.6 is 0 Å². The van der Waals surface area contributed by atoms with Gasteiger partial charge in [0.15, 0.2) is 5.43 Å². The molecule has 5 rings (SSSR count). The first-order valence-electron chi connectivity index (χ1n) is 11.5. The van der Waals surface area contributed by atoms with Gasteiger partial charge in [-0.2, -0.15) is 0 Å². The van der Waals surface area contributed by atoms with Crippen molar-refractivity contribution in [2.75, 3.05) is 13.2 Å². The number of amides is 1. The third-order valence-corrected chi connectivity index (χ3v) is 6.22. The minimum absolute atomic E-state index is 0.0124. The molecule has 1 heterocycles. The molecule has 0 saturated carbocycles. The van der Waals surface area contributed by atoms with E-state index in [1.165, 1.54) is 22.3 Å². The van der Waals surface area contributed by atoms with Gasteiger partial charge < -0.3 is 15.0 Å². The molecule has 1 aliphatic carbocycles. The van der Waals surface area contributed by atoms with Gasteiger partial charge in [0.05, 0.1) is 0 Å². The Hall–Kier alpha value is -4.12. The van der Waals surface area contributed by atoms with Crippen LogP contribution in [-0.4, -0.2) is 24.2 Å². The number of aryl methyl sites for hydroxylation is 1. The quantitative estimate of drug-likeness (QED) is 0.366. The molecule has 0 spiro atoms. The number of nitrogens with one attached hydrogen (secondary N) is 2. The Balaban J connectivity index is 1.13. The summed E-state index contributed by atoms with van der Waals surface area (Å²) in [5, 5.41) is 3.49. The highest BCUT2D eigenvalue weighted by Gasteiger charge is 2.28. The molecule has 170 valence electrons. The Morgan fingerprint density at radius 1 is 1.00 bits per heavy atom. The fourth-order valence-electron chi connectivity index (χ4n) is 4.63. The molecule has 3 aromatic carbocycles. The zero-order chi connectivity index (χ0) is 23.5. The van der Waals surface area contributed by atoms with Gasteiger partial charge in [0.1, 0.15) is 6.61 Å². The second-order valence-electron chi connectivity index (χ2n) is 8.56. The first-order valence-corrected chi connectivity index (χ1v) is 11.5. The molecule has 1 aliphatic rings. The van der Waals surface area contributed by atoms with Crippen LogP contribution in [0, 0.1) is 6.92 Å². The summed E-state index contributed by atoms with van der Waals surface area (Å²) in [6.07, 6.45) is 4.18. The van der Waals surface area contributed by atoms with Gasteiger partial charge in [-0.15, -0.1) is 0 Å². The van der Waals surface area contributed by atoms with Crippen molar-refractivity contribution in [1.82, 2.24) is 10.3 Å². The molecule has 0 bridgehead atoms. The number of alkyl carbamates (subject to hydrolysis) is 1. The molecular weight excluding hydrogens is 424 g/mol. The Morgan fingerprint density at radius 2 is 1.71 bits per heavy atom. The lowest BCUT2D eigenvalue weighted by Gasteiger charge is -2.14. The zero-order valence-corrected chi connectivity index (χ0v) is 19.0. The highest BCUT2D eigenvalue weighted by atomic mass is 16.5. The van der Waals surface area contributed by atoms with Gasteiger partial charge in [0, 0.05) is 35.1 Å². The van der Waals surface area contributed by atoms with E-state index in [0.717, 1.165) is 16.8 Å². The molecule has 0 atom stereocenters. The summed E-state index contributed by atoms with van der Waals surface area (Å²) in [7, 11) is 0. The molecule has 2 N–H and O–H groups in total. The smallest absolute Gasteiger partial charge is 0.407 e. The van der Waals surface area contributed by atoms with E-state index >= 15 is 0 Å². The van der Waals surface area contributed by atoms with Gasteiger partial charge in [0.25, 0.3) is 0 Å². The lowest BCUT2D eigenvalue weighted by Crippen LogP contribution is -2.26. The number of H-pyrrole nitrogens is 1. The molecular formula is C29H26N2O3. The van der Waals surface area contributed by atoms with Gasteiger partial charge in [-0.25, -0.2) is 4.79 Å². The van der Waals surface area contributed by atoms with Crippen LogP contribution in [0.2, 0.25) is 0 Å². The van der Waals surface area contributed by atoms with Gasteiger partial charge in [-0.3, -0.25) is 4.79 Å². The molecule has 1 aromatic heterocycles. The number of hydrogen-bond donors (Lipinski definition) is 2. The normalized spacial score (nSPS) is 12.6. The summed E-state index contributed by atoms with van der Waals surface area (Å²) in [6.45, 7) is 2.65. The average Bonchev–Trinajstić information content (AvgIpc) is 3.16. The van der Waals surface area contributed by atoms with E-state index in [1.54, 1.807) is 6.07 Å². The summed E-state index contributed by atoms with van der Waals surface area (Å²) in [4.78, 5) is 27.7. The number of carbonyl (C=O) groups is 1. The molecule has 5 heteroatoms. The van der Waals surface area contributed by atoms with E-state index in [1.807, 2.05) is 61.5 Å². The minimum atomic E-state index is -0.414. The van der Waals surface area contributed by atoms with Crippen LogP contribution in [0.25, 0.3) is 28.1 Å². The van der Waals surface area contributed by atoms with Crippen molar-refractivity contribution in [2.24, 2.45) is 0 Å². The Labute approximate surface area is 198 Å². The molecule has 34 heavy (non-hydrogen) atoms. The van der Waals surface area contributed by atoms with Crippen molar-refractivity contribution in [2.45, 2.75) is 19.3 Å². The Kier molecular flexibility index (Phi) is 6.00. The number of carbonyl (C=O) groups excluding carboxylic acids is 1. The summed E-state index contributed by atoms with van der Waals surface area (Å²) in [5.41, 5.74) is 7.46. The Bertz CT molecular complexity index is 1410. The van der Waals surface area contributed by atoms with E-state index in [9.17, 15) is 9.59 Å². The second-order valence-corrected chi connectivity index (χ2v) is 8.56. The number of aromatic nitrogens is 1. The van der Waals surface area contributed by atoms with Crippen molar-refractivity contribution in [3.63, 3.8) is 0 Å². The lowest BCUT2D eigenvalue weighted by atomic mass is 9.98. The predicted molar refractivity (Wildman–Crippen MR) is 136 cm³/mol. The van der Waals surface area contributed by atoms with Crippen LogP contribution in [-0.2, 0) is 4.74 Å². The SMILES string of the molecule is Cc1cc(=O)c2cc(C=CCCNC(=O)OCC3c4ccccc4-c4ccccc43)ccc2[nH]1. The summed E-state index contributed by atoms with van der Waals surface area (Å²) < 4.78 is 5.56. The van der Waals surface area contributed by atoms with Crippen LogP contribution in [0.15, 0.2) is 83.7 Å². The summed E-state index contributed by atoms with van der Waals surface area (Å²) >= 11 is 0. The summed E-state index contributed by atoms with van der Waals surface area (Å²) in [5.74, 6) is 0.0536. The number of aromatic amines is 1. The molecule has 0 fully saturated rings. The number of hydrogen-bond acceptors (Lipinski definition) is 3. The van der Waals surface area contributed by atoms with Gasteiger partial charge in [-0.05, 0) is 53.3 Å². The van der Waals surface area contributed by atoms with Gasteiger partial charge >= 0.3 is 6.09 Å². The first kappa shape index (κ1) is 21.7. The molecule has 0 saturated heterocycles. The van der Waals surface area contributed by atoms with E-state index in [4.69, 9.17) is 4.74 Å². The van der Waals surface area contributed by atoms with Crippen LogP contribution in [0.3, 0.4) is 0 Å². The van der Waals surface area contributed by atoms with E-state index in [0.29, 0.717) is 25.0 Å². The van der Waals surface area contributed by atoms with E-state index in [2.05, 4.69) is 34.6 Å². The van der Waals surface area contributed by atoms with Gasteiger partial charge in [0.2, 0.25) is 0 Å². The zero-order valence-electron chi connectivity index (χ0n) is 19.0. The number of rotatable bonds is 6. The van der Waals surface area contributed by atoms with Crippen LogP contribution in [0.1, 0.15) is 34.7 Å². The predicted octanol–water partition coefficient (Wildman–Crippen LogP) is 5.78. The van der Waals surface area contributed by atoms with Crippen molar-refractivity contribution >= 4 is 23.1 Å². The number of pyridine rings is 1. The summed E-state index contributed by atoms with van der Waals surface area (Å²) in [6, 6.07) is 23.9. The largest absolute Gasteiger partial charge is 0.449 e. The van der Waals surface area contributed by atoms with Crippen molar-refractivity contribution in [3.8, 4) is 11.1 Å². The topological polar surface area (TPSA) is 71.2 Å². The minimum Gasteiger partial charge on any atom is -0.449 e. The molecule has 1 amide bonds. The van der Waals surface area contributed by atoms with Crippen molar-refractivity contribution in [1.29, 1.82) is 0 Å². The fourth-order valence-corrected chi connectivity index (χ4v) is 4.63. The monoisotopic (exact) mass is 450 g/mol. The maximum absolute atomic E-state index is 12.3. The van der Waals surface area contributed by atoms with E-state index in [-0.39, 0.29) is 11.3 Å². The molecule has 4 aromatic rings. The number of benzene rings is 3. The third kappa shape index (κ3) is 4.37. The standard InChI is InChI=1S/C29H26N2O3/c1-19-16-28(32)25-17-20(13-14-27(25)31-19)8-6-7-15-30-29(33)34-18-26-23-11-4-2-9-21(23)22-10-3-5-12-24(22)26/h2-6,8-14,16-17,26H,7,15,18H2,1H3,(H,30,33)(H,31,32). The first-order chi connectivity index (χ1) is 16.6. The highest BCUT2D eigenvalue weighted by Crippen LogP contribution is 2.44. The Morgan fingerprint density at radius 3 is 2.44 bits per heavy atom.